The first-order valence-electron chi connectivity index (χ1n) is 14.6. The van der Waals surface area contributed by atoms with Crippen molar-refractivity contribution in [3.8, 4) is 0 Å². The molecule has 0 aliphatic heterocycles. The third-order valence-corrected chi connectivity index (χ3v) is 13.1. The average molecular weight is 471 g/mol. The van der Waals surface area contributed by atoms with Gasteiger partial charge < -0.3 is 4.74 Å². The molecule has 0 saturated heterocycles. The molecule has 34 heavy (non-hydrogen) atoms. The van der Waals surface area contributed by atoms with Crippen LogP contribution in [-0.2, 0) is 9.53 Å². The van der Waals surface area contributed by atoms with E-state index in [1.54, 1.807) is 6.92 Å². The zero-order valence-electron chi connectivity index (χ0n) is 23.9. The van der Waals surface area contributed by atoms with Gasteiger partial charge in [-0.05, 0) is 103 Å². The molecule has 4 fully saturated rings. The van der Waals surface area contributed by atoms with Crippen LogP contribution in [-0.4, -0.2) is 12.1 Å². The maximum atomic E-state index is 11.8. The standard InChI is InChI=1S/C32H54O2/c1-11-30(8)17-14-20(2)21(3)28(30)24-12-13-26-31(9,22(24)4)18-15-25-29(6,7)27(34-23(5)33)16-19-32(25,26)10/h21-22,24-28H,2,11-19H2,1,3-10H3. The minimum Gasteiger partial charge on any atom is -0.462 e. The monoisotopic (exact) mass is 470 g/mol. The topological polar surface area (TPSA) is 26.3 Å². The van der Waals surface area contributed by atoms with Gasteiger partial charge in [-0.25, -0.2) is 0 Å². The molecular weight excluding hydrogens is 416 g/mol. The summed E-state index contributed by atoms with van der Waals surface area (Å²) in [5, 5.41) is 0. The molecule has 0 heterocycles. The zero-order valence-corrected chi connectivity index (χ0v) is 23.9. The highest BCUT2D eigenvalue weighted by molar-refractivity contribution is 5.66. The summed E-state index contributed by atoms with van der Waals surface area (Å²) >= 11 is 0. The van der Waals surface area contributed by atoms with E-state index in [2.05, 4.69) is 62.0 Å². The van der Waals surface area contributed by atoms with Gasteiger partial charge in [-0.3, -0.25) is 4.79 Å². The molecule has 0 spiro atoms. The molecule has 4 saturated carbocycles. The SMILES string of the molecule is C=C1CCC(C)(CC)C(C2CCC3C(C)(CCC4C(C)(C)C(OC(C)=O)CCC43C)C2C)C1C. The van der Waals surface area contributed by atoms with E-state index < -0.39 is 0 Å². The van der Waals surface area contributed by atoms with E-state index in [9.17, 15) is 4.79 Å². The second kappa shape index (κ2) is 8.65. The Balaban J connectivity index is 1.64. The lowest BCUT2D eigenvalue weighted by atomic mass is 9.37. The highest BCUT2D eigenvalue weighted by Gasteiger charge is 2.64. The number of hydrogen-bond acceptors (Lipinski definition) is 2. The largest absolute Gasteiger partial charge is 0.462 e. The van der Waals surface area contributed by atoms with Crippen molar-refractivity contribution >= 4 is 5.97 Å². The summed E-state index contributed by atoms with van der Waals surface area (Å²) in [6.07, 6.45) is 11.5. The van der Waals surface area contributed by atoms with Crippen LogP contribution in [0.25, 0.3) is 0 Å². The average Bonchev–Trinajstić information content (AvgIpc) is 2.75. The number of hydrogen-bond donors (Lipinski definition) is 0. The highest BCUT2D eigenvalue weighted by Crippen LogP contribution is 2.71. The lowest BCUT2D eigenvalue weighted by molar-refractivity contribution is -0.214. The van der Waals surface area contributed by atoms with Crippen LogP contribution < -0.4 is 0 Å². The van der Waals surface area contributed by atoms with Gasteiger partial charge in [0.1, 0.15) is 6.10 Å². The predicted octanol–water partition coefficient (Wildman–Crippen LogP) is 8.84. The van der Waals surface area contributed by atoms with E-state index in [0.29, 0.717) is 28.1 Å². The quantitative estimate of drug-likeness (QED) is 0.304. The Morgan fingerprint density at radius 3 is 2.21 bits per heavy atom. The number of esters is 1. The van der Waals surface area contributed by atoms with Gasteiger partial charge in [-0.1, -0.05) is 74.0 Å². The molecule has 0 aromatic heterocycles. The minimum absolute atomic E-state index is 0.0521. The zero-order chi connectivity index (χ0) is 25.3. The molecule has 194 valence electrons. The van der Waals surface area contributed by atoms with Crippen LogP contribution in [0.3, 0.4) is 0 Å². The Hall–Kier alpha value is -0.790. The summed E-state index contributed by atoms with van der Waals surface area (Å²) in [6.45, 7) is 26.4. The molecular formula is C32H54O2. The molecule has 10 unspecified atom stereocenters. The number of ether oxygens (including phenoxy) is 1. The third-order valence-electron chi connectivity index (χ3n) is 13.1. The number of allylic oxidation sites excluding steroid dienone is 1. The summed E-state index contributed by atoms with van der Waals surface area (Å²) in [4.78, 5) is 11.8. The van der Waals surface area contributed by atoms with Gasteiger partial charge in [-0.15, -0.1) is 0 Å². The second-order valence-electron chi connectivity index (χ2n) is 14.6. The van der Waals surface area contributed by atoms with Crippen LogP contribution >= 0.6 is 0 Å². The van der Waals surface area contributed by atoms with Crippen molar-refractivity contribution in [2.45, 2.75) is 126 Å². The summed E-state index contributed by atoms with van der Waals surface area (Å²) in [5.74, 6) is 4.28. The second-order valence-corrected chi connectivity index (χ2v) is 14.6. The first-order valence-corrected chi connectivity index (χ1v) is 14.6. The lowest BCUT2D eigenvalue weighted by Gasteiger charge is -2.68. The van der Waals surface area contributed by atoms with E-state index >= 15 is 0 Å². The van der Waals surface area contributed by atoms with Crippen molar-refractivity contribution in [2.24, 2.45) is 57.2 Å². The maximum absolute atomic E-state index is 11.8. The smallest absolute Gasteiger partial charge is 0.302 e. The number of fused-ring (bicyclic) bond motifs is 3. The molecule has 4 aliphatic carbocycles. The van der Waals surface area contributed by atoms with E-state index in [4.69, 9.17) is 4.74 Å². The Labute approximate surface area is 211 Å². The molecule has 0 aromatic carbocycles. The van der Waals surface area contributed by atoms with Crippen LogP contribution in [0, 0.1) is 57.2 Å². The maximum Gasteiger partial charge on any atom is 0.302 e. The van der Waals surface area contributed by atoms with Gasteiger partial charge in [0.2, 0.25) is 0 Å². The first kappa shape index (κ1) is 26.3. The van der Waals surface area contributed by atoms with Crippen LogP contribution in [0.1, 0.15) is 120 Å². The van der Waals surface area contributed by atoms with E-state index in [1.165, 1.54) is 56.9 Å². The molecule has 4 rings (SSSR count). The van der Waals surface area contributed by atoms with Gasteiger partial charge in [-0.2, -0.15) is 0 Å². The van der Waals surface area contributed by atoms with E-state index in [1.807, 2.05) is 0 Å². The predicted molar refractivity (Wildman–Crippen MR) is 142 cm³/mol. The summed E-state index contributed by atoms with van der Waals surface area (Å²) < 4.78 is 5.89. The van der Waals surface area contributed by atoms with Crippen molar-refractivity contribution in [1.29, 1.82) is 0 Å². The van der Waals surface area contributed by atoms with Crippen molar-refractivity contribution in [2.75, 3.05) is 0 Å². The van der Waals surface area contributed by atoms with Gasteiger partial charge >= 0.3 is 5.97 Å². The van der Waals surface area contributed by atoms with Crippen molar-refractivity contribution in [3.05, 3.63) is 12.2 Å². The minimum atomic E-state index is -0.112. The van der Waals surface area contributed by atoms with E-state index in [0.717, 1.165) is 30.1 Å². The fourth-order valence-electron chi connectivity index (χ4n) is 10.8. The normalized spacial score (nSPS) is 50.7. The molecule has 0 amide bonds. The Morgan fingerprint density at radius 2 is 1.59 bits per heavy atom. The first-order chi connectivity index (χ1) is 15.7. The van der Waals surface area contributed by atoms with Crippen LogP contribution in [0.15, 0.2) is 12.2 Å². The fourth-order valence-corrected chi connectivity index (χ4v) is 10.8. The van der Waals surface area contributed by atoms with Crippen LogP contribution in [0.5, 0.6) is 0 Å². The number of carbonyl (C=O) groups excluding carboxylic acids is 1. The van der Waals surface area contributed by atoms with Gasteiger partial charge in [0.15, 0.2) is 0 Å². The molecule has 0 aromatic rings. The van der Waals surface area contributed by atoms with Crippen molar-refractivity contribution < 1.29 is 9.53 Å². The highest BCUT2D eigenvalue weighted by atomic mass is 16.5. The summed E-state index contributed by atoms with van der Waals surface area (Å²) in [5.41, 5.74) is 2.77. The van der Waals surface area contributed by atoms with Crippen molar-refractivity contribution in [3.63, 3.8) is 0 Å². The van der Waals surface area contributed by atoms with Crippen LogP contribution in [0.4, 0.5) is 0 Å². The molecule has 2 nitrogen and oxygen atoms in total. The summed E-state index contributed by atoms with van der Waals surface area (Å²) in [6, 6.07) is 0. The molecule has 0 N–H and O–H groups in total. The fraction of sp³-hybridized carbons (Fsp3) is 0.906. The number of carbonyl (C=O) groups is 1. The van der Waals surface area contributed by atoms with Gasteiger partial charge in [0, 0.05) is 12.3 Å². The van der Waals surface area contributed by atoms with Gasteiger partial charge in [0.25, 0.3) is 0 Å². The van der Waals surface area contributed by atoms with Gasteiger partial charge in [0.05, 0.1) is 0 Å². The molecule has 0 bridgehead atoms. The third kappa shape index (κ3) is 3.75. The Morgan fingerprint density at radius 1 is 0.941 bits per heavy atom. The molecule has 10 atom stereocenters. The lowest BCUT2D eigenvalue weighted by Crippen LogP contribution is -2.62. The Bertz CT molecular complexity index is 812. The molecule has 2 heteroatoms. The van der Waals surface area contributed by atoms with Crippen LogP contribution in [0.2, 0.25) is 0 Å². The summed E-state index contributed by atoms with van der Waals surface area (Å²) in [7, 11) is 0. The number of rotatable bonds is 3. The van der Waals surface area contributed by atoms with E-state index in [-0.39, 0.29) is 17.5 Å². The van der Waals surface area contributed by atoms with Crippen molar-refractivity contribution in [1.82, 2.24) is 0 Å². The Kier molecular flexibility index (Phi) is 6.69. The molecule has 0 radical (unpaired) electrons. The molecule has 4 aliphatic rings.